The maximum Gasteiger partial charge on any atom is 0.243 e. The third-order valence-electron chi connectivity index (χ3n) is 5.45. The molecule has 1 atom stereocenters. The zero-order valence-corrected chi connectivity index (χ0v) is 17.7. The van der Waals surface area contributed by atoms with Gasteiger partial charge in [0, 0.05) is 37.8 Å². The number of aryl methyl sites for hydroxylation is 1. The number of amides is 1. The number of piperidine rings is 1. The molecule has 0 bridgehead atoms. The molecule has 7 nitrogen and oxygen atoms in total. The lowest BCUT2D eigenvalue weighted by Crippen LogP contribution is -2.35. The van der Waals surface area contributed by atoms with Crippen molar-refractivity contribution in [3.8, 4) is 0 Å². The Labute approximate surface area is 169 Å². The third-order valence-corrected chi connectivity index (χ3v) is 8.49. The highest BCUT2D eigenvalue weighted by molar-refractivity contribution is 7.99. The van der Waals surface area contributed by atoms with Crippen LogP contribution in [0.5, 0.6) is 0 Å². The van der Waals surface area contributed by atoms with Gasteiger partial charge in [0.05, 0.1) is 15.9 Å². The SMILES string of the molecule is CCn1c(SC[C@H]2CCC(=O)N2)nc2cc(S(=O)(=O)N3CCCCC3)ccc21. The molecule has 28 heavy (non-hydrogen) atoms. The van der Waals surface area contributed by atoms with Crippen molar-refractivity contribution in [1.29, 1.82) is 0 Å². The Morgan fingerprint density at radius 2 is 2.04 bits per heavy atom. The fourth-order valence-electron chi connectivity index (χ4n) is 3.90. The molecule has 0 unspecified atom stereocenters. The molecule has 2 saturated heterocycles. The van der Waals surface area contributed by atoms with E-state index in [0.717, 1.165) is 48.7 Å². The number of hydrogen-bond donors (Lipinski definition) is 1. The molecule has 4 rings (SSSR count). The van der Waals surface area contributed by atoms with Gasteiger partial charge < -0.3 is 9.88 Å². The number of sulfonamides is 1. The zero-order chi connectivity index (χ0) is 19.7. The van der Waals surface area contributed by atoms with Crippen LogP contribution >= 0.6 is 11.8 Å². The summed E-state index contributed by atoms with van der Waals surface area (Å²) in [5.74, 6) is 0.885. The van der Waals surface area contributed by atoms with Crippen molar-refractivity contribution < 1.29 is 13.2 Å². The van der Waals surface area contributed by atoms with E-state index in [4.69, 9.17) is 4.98 Å². The van der Waals surface area contributed by atoms with Crippen molar-refractivity contribution in [2.24, 2.45) is 0 Å². The lowest BCUT2D eigenvalue weighted by atomic mass is 10.2. The molecule has 9 heteroatoms. The topological polar surface area (TPSA) is 84.3 Å². The predicted molar refractivity (Wildman–Crippen MR) is 110 cm³/mol. The van der Waals surface area contributed by atoms with Gasteiger partial charge in [-0.15, -0.1) is 0 Å². The van der Waals surface area contributed by atoms with Gasteiger partial charge in [0.1, 0.15) is 0 Å². The van der Waals surface area contributed by atoms with E-state index in [-0.39, 0.29) is 11.9 Å². The van der Waals surface area contributed by atoms with Crippen LogP contribution in [-0.2, 0) is 21.4 Å². The van der Waals surface area contributed by atoms with Crippen LogP contribution in [-0.4, -0.2) is 53.1 Å². The van der Waals surface area contributed by atoms with Gasteiger partial charge in [-0.2, -0.15) is 4.31 Å². The number of thioether (sulfide) groups is 1. The smallest absolute Gasteiger partial charge is 0.243 e. The first-order valence-electron chi connectivity index (χ1n) is 9.91. The summed E-state index contributed by atoms with van der Waals surface area (Å²) in [5, 5.41) is 3.85. The quantitative estimate of drug-likeness (QED) is 0.724. The standard InChI is InChI=1S/C19H26N4O3S2/c1-2-23-17-8-7-15(28(25,26)22-10-4-3-5-11-22)12-16(17)21-19(23)27-13-14-6-9-18(24)20-14/h7-8,12,14H,2-6,9-11,13H2,1H3,(H,20,24)/t14-/m1/s1. The minimum absolute atomic E-state index is 0.113. The number of rotatable bonds is 6. The summed E-state index contributed by atoms with van der Waals surface area (Å²) in [5.41, 5.74) is 1.65. The molecule has 1 amide bonds. The highest BCUT2D eigenvalue weighted by Gasteiger charge is 2.27. The first kappa shape index (κ1) is 19.7. The van der Waals surface area contributed by atoms with Crippen LogP contribution < -0.4 is 5.32 Å². The van der Waals surface area contributed by atoms with E-state index in [0.29, 0.717) is 29.9 Å². The molecule has 2 aliphatic rings. The Bertz CT molecular complexity index is 980. The number of benzene rings is 1. The average Bonchev–Trinajstić information content (AvgIpc) is 3.28. The number of fused-ring (bicyclic) bond motifs is 1. The van der Waals surface area contributed by atoms with Crippen LogP contribution in [0.1, 0.15) is 39.0 Å². The van der Waals surface area contributed by atoms with Crippen molar-refractivity contribution in [3.05, 3.63) is 18.2 Å². The number of nitrogens with one attached hydrogen (secondary N) is 1. The summed E-state index contributed by atoms with van der Waals surface area (Å²) in [6.45, 7) is 4.00. The van der Waals surface area contributed by atoms with Gasteiger partial charge in [0.25, 0.3) is 0 Å². The van der Waals surface area contributed by atoms with E-state index in [2.05, 4.69) is 16.8 Å². The molecule has 0 aliphatic carbocycles. The lowest BCUT2D eigenvalue weighted by molar-refractivity contribution is -0.119. The Balaban J connectivity index is 1.59. The number of aromatic nitrogens is 2. The molecule has 2 aromatic rings. The molecule has 0 saturated carbocycles. The number of carbonyl (C=O) groups excluding carboxylic acids is 1. The second-order valence-electron chi connectivity index (χ2n) is 7.37. The van der Waals surface area contributed by atoms with Gasteiger partial charge in [-0.05, 0) is 44.4 Å². The summed E-state index contributed by atoms with van der Waals surface area (Å²) < 4.78 is 29.6. The largest absolute Gasteiger partial charge is 0.353 e. The van der Waals surface area contributed by atoms with Crippen LogP contribution in [0.3, 0.4) is 0 Å². The van der Waals surface area contributed by atoms with Crippen molar-refractivity contribution >= 4 is 38.7 Å². The number of nitrogens with zero attached hydrogens (tertiary/aromatic N) is 3. The predicted octanol–water partition coefficient (Wildman–Crippen LogP) is 2.60. The maximum atomic E-state index is 13.0. The van der Waals surface area contributed by atoms with E-state index in [1.54, 1.807) is 28.2 Å². The molecule has 1 N–H and O–H groups in total. The molecule has 152 valence electrons. The van der Waals surface area contributed by atoms with Crippen molar-refractivity contribution in [2.45, 2.75) is 61.7 Å². The molecular weight excluding hydrogens is 396 g/mol. The monoisotopic (exact) mass is 422 g/mol. The van der Waals surface area contributed by atoms with Gasteiger partial charge in [-0.1, -0.05) is 18.2 Å². The van der Waals surface area contributed by atoms with Crippen LogP contribution in [0, 0.1) is 0 Å². The fourth-order valence-corrected chi connectivity index (χ4v) is 6.58. The Hall–Kier alpha value is -1.58. The van der Waals surface area contributed by atoms with Crippen LogP contribution in [0.25, 0.3) is 11.0 Å². The van der Waals surface area contributed by atoms with Crippen molar-refractivity contribution in [1.82, 2.24) is 19.2 Å². The first-order valence-corrected chi connectivity index (χ1v) is 12.3. The second-order valence-corrected chi connectivity index (χ2v) is 10.3. The Morgan fingerprint density at radius 3 is 2.71 bits per heavy atom. The van der Waals surface area contributed by atoms with Crippen molar-refractivity contribution in [3.63, 3.8) is 0 Å². The Morgan fingerprint density at radius 1 is 1.25 bits per heavy atom. The minimum atomic E-state index is -3.47. The van der Waals surface area contributed by atoms with E-state index < -0.39 is 10.0 Å². The number of imidazole rings is 1. The summed E-state index contributed by atoms with van der Waals surface area (Å²) >= 11 is 1.62. The van der Waals surface area contributed by atoms with E-state index in [1.165, 1.54) is 0 Å². The average molecular weight is 423 g/mol. The lowest BCUT2D eigenvalue weighted by Gasteiger charge is -2.25. The summed E-state index contributed by atoms with van der Waals surface area (Å²) in [7, 11) is -3.47. The highest BCUT2D eigenvalue weighted by atomic mass is 32.2. The fraction of sp³-hybridized carbons (Fsp3) is 0.579. The second kappa shape index (κ2) is 8.04. The third kappa shape index (κ3) is 3.79. The molecule has 0 spiro atoms. The van der Waals surface area contributed by atoms with E-state index >= 15 is 0 Å². The number of carbonyl (C=O) groups is 1. The highest BCUT2D eigenvalue weighted by Crippen LogP contribution is 2.29. The van der Waals surface area contributed by atoms with E-state index in [9.17, 15) is 13.2 Å². The Kier molecular flexibility index (Phi) is 5.66. The van der Waals surface area contributed by atoms with Gasteiger partial charge in [0.2, 0.25) is 15.9 Å². The van der Waals surface area contributed by atoms with Gasteiger partial charge >= 0.3 is 0 Å². The van der Waals surface area contributed by atoms with Crippen LogP contribution in [0.15, 0.2) is 28.3 Å². The first-order chi connectivity index (χ1) is 13.5. The molecule has 2 aliphatic heterocycles. The zero-order valence-electron chi connectivity index (χ0n) is 16.1. The molecule has 1 aromatic carbocycles. The molecular formula is C19H26N4O3S2. The molecule has 0 radical (unpaired) electrons. The summed E-state index contributed by atoms with van der Waals surface area (Å²) in [4.78, 5) is 16.4. The molecule has 3 heterocycles. The summed E-state index contributed by atoms with van der Waals surface area (Å²) in [6, 6.07) is 5.44. The van der Waals surface area contributed by atoms with Gasteiger partial charge in [-0.25, -0.2) is 13.4 Å². The maximum absolute atomic E-state index is 13.0. The summed E-state index contributed by atoms with van der Waals surface area (Å²) in [6.07, 6.45) is 4.38. The molecule has 1 aromatic heterocycles. The van der Waals surface area contributed by atoms with Crippen molar-refractivity contribution in [2.75, 3.05) is 18.8 Å². The normalized spacial score (nSPS) is 21.3. The van der Waals surface area contributed by atoms with Crippen LogP contribution in [0.2, 0.25) is 0 Å². The van der Waals surface area contributed by atoms with Gasteiger partial charge in [0.15, 0.2) is 5.16 Å². The van der Waals surface area contributed by atoms with Crippen LogP contribution in [0.4, 0.5) is 0 Å². The molecule has 2 fully saturated rings. The van der Waals surface area contributed by atoms with Gasteiger partial charge in [-0.3, -0.25) is 4.79 Å². The number of hydrogen-bond acceptors (Lipinski definition) is 5. The minimum Gasteiger partial charge on any atom is -0.353 e. The van der Waals surface area contributed by atoms with E-state index in [1.807, 2.05) is 6.07 Å².